The number of benzene rings is 1. The number of hydrogen-bond donors (Lipinski definition) is 1. The second kappa shape index (κ2) is 7.83. The number of nitrogens with zero attached hydrogens (tertiary/aromatic N) is 1. The lowest BCUT2D eigenvalue weighted by Crippen LogP contribution is -2.11. The molecule has 0 saturated heterocycles. The highest BCUT2D eigenvalue weighted by Gasteiger charge is 2.21. The van der Waals surface area contributed by atoms with Crippen LogP contribution in [-0.4, -0.2) is 26.2 Å². The van der Waals surface area contributed by atoms with Crippen LogP contribution in [0, 0.1) is 6.92 Å². The summed E-state index contributed by atoms with van der Waals surface area (Å²) in [6.07, 6.45) is 0. The van der Waals surface area contributed by atoms with Gasteiger partial charge in [-0.1, -0.05) is 11.2 Å². The smallest absolute Gasteiger partial charge is 0.360 e. The Morgan fingerprint density at radius 1 is 1.30 bits per heavy atom. The molecule has 1 N–H and O–H groups in total. The van der Waals surface area contributed by atoms with E-state index in [2.05, 4.69) is 25.8 Å². The maximum Gasteiger partial charge on any atom is 0.360 e. The minimum Gasteiger partial charge on any atom is -0.461 e. The van der Waals surface area contributed by atoms with Crippen molar-refractivity contribution in [3.63, 3.8) is 0 Å². The Balaban J connectivity index is 1.83. The molecule has 0 bridgehead atoms. The summed E-state index contributed by atoms with van der Waals surface area (Å²) >= 11 is 4.36. The van der Waals surface area contributed by atoms with E-state index in [1.54, 1.807) is 19.1 Å². The van der Waals surface area contributed by atoms with Crippen molar-refractivity contribution in [2.24, 2.45) is 0 Å². The molecular formula is C17H15BrN2O5S2. The van der Waals surface area contributed by atoms with E-state index in [1.807, 2.05) is 19.1 Å². The fourth-order valence-corrected chi connectivity index (χ4v) is 5.25. The first kappa shape index (κ1) is 19.6. The molecule has 3 aromatic rings. The quantitative estimate of drug-likeness (QED) is 0.534. The zero-order chi connectivity index (χ0) is 19.6. The van der Waals surface area contributed by atoms with Crippen molar-refractivity contribution >= 4 is 48.9 Å². The van der Waals surface area contributed by atoms with Crippen LogP contribution in [0.25, 0.3) is 10.6 Å². The van der Waals surface area contributed by atoms with Crippen molar-refractivity contribution in [3.05, 3.63) is 52.1 Å². The molecule has 0 saturated carbocycles. The van der Waals surface area contributed by atoms with Gasteiger partial charge in [-0.05, 0) is 59.6 Å². The molecule has 27 heavy (non-hydrogen) atoms. The highest BCUT2D eigenvalue weighted by molar-refractivity contribution is 9.10. The number of aryl methyl sites for hydroxylation is 1. The third kappa shape index (κ3) is 4.40. The van der Waals surface area contributed by atoms with Gasteiger partial charge in [-0.25, -0.2) is 13.2 Å². The molecule has 0 spiro atoms. The summed E-state index contributed by atoms with van der Waals surface area (Å²) in [6, 6.07) is 9.81. The molecule has 0 fully saturated rings. The lowest BCUT2D eigenvalue weighted by atomic mass is 10.2. The van der Waals surface area contributed by atoms with Crippen molar-refractivity contribution in [1.29, 1.82) is 0 Å². The topological polar surface area (TPSA) is 98.5 Å². The van der Waals surface area contributed by atoms with Crippen LogP contribution in [0.3, 0.4) is 0 Å². The summed E-state index contributed by atoms with van der Waals surface area (Å²) in [6.45, 7) is 3.83. The fourth-order valence-electron chi connectivity index (χ4n) is 2.19. The molecule has 2 heterocycles. The van der Waals surface area contributed by atoms with E-state index in [0.717, 1.165) is 16.9 Å². The van der Waals surface area contributed by atoms with E-state index in [1.165, 1.54) is 12.1 Å². The molecule has 10 heteroatoms. The van der Waals surface area contributed by atoms with Gasteiger partial charge >= 0.3 is 5.97 Å². The minimum absolute atomic E-state index is 0.0337. The highest BCUT2D eigenvalue weighted by atomic mass is 79.9. The lowest BCUT2D eigenvalue weighted by Gasteiger charge is -2.08. The summed E-state index contributed by atoms with van der Waals surface area (Å²) < 4.78 is 38.6. The van der Waals surface area contributed by atoms with Crippen LogP contribution >= 0.6 is 27.3 Å². The number of halogens is 1. The first-order chi connectivity index (χ1) is 12.8. The predicted octanol–water partition coefficient (Wildman–Crippen LogP) is 4.45. The van der Waals surface area contributed by atoms with Crippen molar-refractivity contribution in [2.75, 3.05) is 11.3 Å². The zero-order valence-electron chi connectivity index (χ0n) is 14.4. The van der Waals surface area contributed by atoms with Crippen LogP contribution in [-0.2, 0) is 14.8 Å². The highest BCUT2D eigenvalue weighted by Crippen LogP contribution is 2.33. The first-order valence-corrected chi connectivity index (χ1v) is 10.9. The molecule has 7 nitrogen and oxygen atoms in total. The largest absolute Gasteiger partial charge is 0.461 e. The van der Waals surface area contributed by atoms with E-state index in [4.69, 9.17) is 9.26 Å². The van der Waals surface area contributed by atoms with Crippen molar-refractivity contribution < 1.29 is 22.5 Å². The lowest BCUT2D eigenvalue weighted by molar-refractivity contribution is 0.0514. The van der Waals surface area contributed by atoms with Crippen LogP contribution in [0.4, 0.5) is 5.69 Å². The molecule has 0 aliphatic heterocycles. The van der Waals surface area contributed by atoms with Gasteiger partial charge in [0.2, 0.25) is 0 Å². The Morgan fingerprint density at radius 2 is 2.07 bits per heavy atom. The number of aromatic nitrogens is 1. The number of carbonyl (C=O) groups is 1. The Kier molecular flexibility index (Phi) is 5.68. The second-order valence-corrected chi connectivity index (χ2v) is 9.35. The Labute approximate surface area is 168 Å². The molecule has 0 unspecified atom stereocenters. The van der Waals surface area contributed by atoms with Gasteiger partial charge < -0.3 is 9.26 Å². The Bertz CT molecular complexity index is 1090. The molecule has 2 aromatic heterocycles. The number of esters is 1. The molecule has 1 aromatic carbocycles. The van der Waals surface area contributed by atoms with Crippen LogP contribution in [0.15, 0.2) is 49.6 Å². The van der Waals surface area contributed by atoms with E-state index in [-0.39, 0.29) is 16.5 Å². The summed E-state index contributed by atoms with van der Waals surface area (Å²) in [5.74, 6) is -0.302. The summed E-state index contributed by atoms with van der Waals surface area (Å²) in [7, 11) is -3.77. The fraction of sp³-hybridized carbons (Fsp3) is 0.176. The van der Waals surface area contributed by atoms with Gasteiger partial charge in [0.05, 0.1) is 17.2 Å². The van der Waals surface area contributed by atoms with Gasteiger partial charge in [0, 0.05) is 10.5 Å². The maximum absolute atomic E-state index is 12.6. The molecule has 0 atom stereocenters. The molecule has 3 rings (SSSR count). The summed E-state index contributed by atoms with van der Waals surface area (Å²) in [5, 5.41) is 3.66. The van der Waals surface area contributed by atoms with Crippen molar-refractivity contribution in [3.8, 4) is 10.6 Å². The standard InChI is InChI=1S/C17H15BrN2O5S2/c1-3-24-17(21)13-9-14(25-19-13)15-6-7-16(26-15)27(22,23)20-12-5-4-10(2)8-11(12)18/h4-9,20H,3H2,1-2H3. The van der Waals surface area contributed by atoms with Crippen LogP contribution in [0.2, 0.25) is 0 Å². The molecule has 0 aliphatic rings. The normalized spacial score (nSPS) is 11.4. The van der Waals surface area contributed by atoms with Gasteiger partial charge in [-0.2, -0.15) is 0 Å². The number of hydrogen-bond acceptors (Lipinski definition) is 7. The molecular weight excluding hydrogens is 456 g/mol. The van der Waals surface area contributed by atoms with E-state index >= 15 is 0 Å². The van der Waals surface area contributed by atoms with Crippen molar-refractivity contribution in [2.45, 2.75) is 18.1 Å². The molecule has 0 amide bonds. The van der Waals surface area contributed by atoms with Crippen LogP contribution < -0.4 is 4.72 Å². The second-order valence-electron chi connectivity index (χ2n) is 5.50. The number of sulfonamides is 1. The maximum atomic E-state index is 12.6. The monoisotopic (exact) mass is 470 g/mol. The predicted molar refractivity (Wildman–Crippen MR) is 105 cm³/mol. The number of nitrogens with one attached hydrogen (secondary N) is 1. The van der Waals surface area contributed by atoms with Crippen molar-refractivity contribution in [1.82, 2.24) is 5.16 Å². The molecule has 142 valence electrons. The summed E-state index contributed by atoms with van der Waals surface area (Å²) in [5.41, 5.74) is 1.48. The van der Waals surface area contributed by atoms with Crippen LogP contribution in [0.1, 0.15) is 23.0 Å². The van der Waals surface area contributed by atoms with E-state index in [9.17, 15) is 13.2 Å². The average molecular weight is 471 g/mol. The number of anilines is 1. The van der Waals surface area contributed by atoms with E-state index < -0.39 is 16.0 Å². The SMILES string of the molecule is CCOC(=O)c1cc(-c2ccc(S(=O)(=O)Nc3ccc(C)cc3Br)s2)on1. The zero-order valence-corrected chi connectivity index (χ0v) is 17.6. The number of carbonyl (C=O) groups excluding carboxylic acids is 1. The van der Waals surface area contributed by atoms with Gasteiger partial charge in [-0.15, -0.1) is 11.3 Å². The Hall–Kier alpha value is -2.17. The number of thiophene rings is 1. The van der Waals surface area contributed by atoms with Crippen LogP contribution in [0.5, 0.6) is 0 Å². The van der Waals surface area contributed by atoms with Gasteiger partial charge in [0.25, 0.3) is 10.0 Å². The third-order valence-corrected chi connectivity index (χ3v) is 7.07. The molecule has 0 radical (unpaired) electrons. The van der Waals surface area contributed by atoms with Gasteiger partial charge in [0.15, 0.2) is 11.5 Å². The summed E-state index contributed by atoms with van der Waals surface area (Å²) in [4.78, 5) is 12.2. The Morgan fingerprint density at radius 3 is 2.78 bits per heavy atom. The number of rotatable bonds is 6. The average Bonchev–Trinajstić information content (AvgIpc) is 3.26. The third-order valence-electron chi connectivity index (χ3n) is 3.45. The first-order valence-electron chi connectivity index (χ1n) is 7.83. The van der Waals surface area contributed by atoms with Gasteiger partial charge in [0.1, 0.15) is 4.21 Å². The minimum atomic E-state index is -3.77. The van der Waals surface area contributed by atoms with E-state index in [0.29, 0.717) is 20.8 Å². The number of ether oxygens (including phenoxy) is 1. The van der Waals surface area contributed by atoms with Gasteiger partial charge in [-0.3, -0.25) is 4.72 Å². The molecule has 0 aliphatic carbocycles.